The number of carbonyl (C=O) groups excluding carboxylic acids is 3. The van der Waals surface area contributed by atoms with Crippen molar-refractivity contribution >= 4 is 39.4 Å². The zero-order valence-electron chi connectivity index (χ0n) is 23.4. The van der Waals surface area contributed by atoms with E-state index in [1.54, 1.807) is 32.5 Å². The van der Waals surface area contributed by atoms with E-state index in [-0.39, 0.29) is 49.8 Å². The Morgan fingerprint density at radius 3 is 2.51 bits per heavy atom. The van der Waals surface area contributed by atoms with Crippen LogP contribution in [-0.2, 0) is 29.1 Å². The van der Waals surface area contributed by atoms with Gasteiger partial charge >= 0.3 is 6.03 Å². The number of rotatable bonds is 9. The van der Waals surface area contributed by atoms with Gasteiger partial charge in [-0.15, -0.1) is 17.9 Å². The maximum atomic E-state index is 14.4. The Labute approximate surface area is 252 Å². The molecule has 1 N–H and O–H groups in total. The van der Waals surface area contributed by atoms with Crippen LogP contribution in [0.1, 0.15) is 16.7 Å². The Kier molecular flexibility index (Phi) is 8.17. The number of carbonyl (C=O) groups is 3. The van der Waals surface area contributed by atoms with E-state index in [1.165, 1.54) is 22.4 Å². The van der Waals surface area contributed by atoms with Crippen LogP contribution in [0.4, 0.5) is 9.18 Å². The fourth-order valence-corrected chi connectivity index (χ4v) is 6.56. The Bertz CT molecular complexity index is 1650. The molecule has 4 aromatic rings. The summed E-state index contributed by atoms with van der Waals surface area (Å²) in [6.07, 6.45) is 1.34. The van der Waals surface area contributed by atoms with Crippen LogP contribution < -0.4 is 5.32 Å². The molecule has 6 rings (SSSR count). The number of fused-ring (bicyclic) bond motifs is 2. The molecule has 0 saturated carbocycles. The van der Waals surface area contributed by atoms with Gasteiger partial charge in [0.2, 0.25) is 11.8 Å². The van der Waals surface area contributed by atoms with E-state index in [9.17, 15) is 18.8 Å². The molecular formula is C32H31FN6O3S. The van der Waals surface area contributed by atoms with Crippen molar-refractivity contribution in [2.24, 2.45) is 0 Å². The molecule has 0 aliphatic carbocycles. The Balaban J connectivity index is 1.31. The predicted molar refractivity (Wildman–Crippen MR) is 162 cm³/mol. The summed E-state index contributed by atoms with van der Waals surface area (Å²) in [4.78, 5) is 48.9. The Hall–Kier alpha value is -4.61. The van der Waals surface area contributed by atoms with Crippen molar-refractivity contribution in [2.45, 2.75) is 31.7 Å². The van der Waals surface area contributed by atoms with Crippen molar-refractivity contribution in [1.82, 2.24) is 30.1 Å². The molecule has 3 aromatic carbocycles. The molecule has 2 aliphatic rings. The SMILES string of the molecule is C=CCN(C(=O)NCc1ccccc1)N1CC(=O)N2[C@@H](Cc3ccccc3)C(=O)N(Cc3ccc(F)c4scnc34)C[C@@H]21. The minimum absolute atomic E-state index is 0.0590. The number of aromatic nitrogens is 1. The minimum Gasteiger partial charge on any atom is -0.333 e. The summed E-state index contributed by atoms with van der Waals surface area (Å²) in [7, 11) is 0. The highest BCUT2D eigenvalue weighted by Crippen LogP contribution is 2.32. The van der Waals surface area contributed by atoms with Gasteiger partial charge in [0.15, 0.2) is 0 Å². The van der Waals surface area contributed by atoms with Crippen molar-refractivity contribution < 1.29 is 18.8 Å². The molecule has 1 aromatic heterocycles. The molecule has 0 radical (unpaired) electrons. The third-order valence-corrected chi connectivity index (χ3v) is 8.69. The average Bonchev–Trinajstić information content (AvgIpc) is 3.65. The van der Waals surface area contributed by atoms with E-state index in [0.29, 0.717) is 23.2 Å². The van der Waals surface area contributed by atoms with Gasteiger partial charge in [0.25, 0.3) is 0 Å². The topological polar surface area (TPSA) is 89.1 Å². The lowest BCUT2D eigenvalue weighted by Crippen LogP contribution is -2.66. The molecule has 2 fully saturated rings. The van der Waals surface area contributed by atoms with E-state index >= 15 is 0 Å². The lowest BCUT2D eigenvalue weighted by molar-refractivity contribution is -0.157. The quantitative estimate of drug-likeness (QED) is 0.292. The van der Waals surface area contributed by atoms with E-state index < -0.39 is 12.2 Å². The van der Waals surface area contributed by atoms with Crippen LogP contribution in [0.3, 0.4) is 0 Å². The number of amides is 4. The molecule has 2 aliphatic heterocycles. The summed E-state index contributed by atoms with van der Waals surface area (Å²) in [5, 5.41) is 6.16. The lowest BCUT2D eigenvalue weighted by Gasteiger charge is -2.46. The summed E-state index contributed by atoms with van der Waals surface area (Å²) < 4.78 is 14.9. The number of thiazole rings is 1. The minimum atomic E-state index is -0.775. The number of piperazine rings is 1. The molecule has 9 nitrogen and oxygen atoms in total. The molecule has 11 heteroatoms. The van der Waals surface area contributed by atoms with E-state index in [1.807, 2.05) is 60.7 Å². The van der Waals surface area contributed by atoms with Gasteiger partial charge in [-0.2, -0.15) is 5.01 Å². The molecule has 4 amide bonds. The summed E-state index contributed by atoms with van der Waals surface area (Å²) in [6.45, 7) is 4.62. The van der Waals surface area contributed by atoms with Crippen LogP contribution in [0.15, 0.2) is 91.0 Å². The Morgan fingerprint density at radius 1 is 1.07 bits per heavy atom. The molecular weight excluding hydrogens is 567 g/mol. The molecule has 3 heterocycles. The number of nitrogens with zero attached hydrogens (tertiary/aromatic N) is 5. The Morgan fingerprint density at radius 2 is 1.79 bits per heavy atom. The molecule has 220 valence electrons. The molecule has 0 bridgehead atoms. The van der Waals surface area contributed by atoms with Gasteiger partial charge in [-0.05, 0) is 22.8 Å². The zero-order chi connectivity index (χ0) is 29.9. The van der Waals surface area contributed by atoms with Crippen molar-refractivity contribution in [2.75, 3.05) is 19.6 Å². The van der Waals surface area contributed by atoms with Crippen LogP contribution in [-0.4, -0.2) is 74.5 Å². The normalized spacial score (nSPS) is 18.6. The van der Waals surface area contributed by atoms with E-state index in [0.717, 1.165) is 16.7 Å². The van der Waals surface area contributed by atoms with Gasteiger partial charge in [0, 0.05) is 19.5 Å². The van der Waals surface area contributed by atoms with Crippen LogP contribution in [0.25, 0.3) is 10.2 Å². The number of hydrazine groups is 1. The van der Waals surface area contributed by atoms with Crippen molar-refractivity contribution in [1.29, 1.82) is 0 Å². The van der Waals surface area contributed by atoms with Crippen molar-refractivity contribution in [3.8, 4) is 0 Å². The number of hydrogen-bond donors (Lipinski definition) is 1. The third kappa shape index (κ3) is 5.73. The average molecular weight is 599 g/mol. The summed E-state index contributed by atoms with van der Waals surface area (Å²) in [6, 6.07) is 21.0. The smallest absolute Gasteiger partial charge is 0.332 e. The first-order valence-electron chi connectivity index (χ1n) is 14.1. The second-order valence-electron chi connectivity index (χ2n) is 10.6. The number of nitrogens with one attached hydrogen (secondary N) is 1. The van der Waals surface area contributed by atoms with Crippen molar-refractivity contribution in [3.63, 3.8) is 0 Å². The van der Waals surface area contributed by atoms with Gasteiger partial charge in [0.1, 0.15) is 18.0 Å². The third-order valence-electron chi connectivity index (χ3n) is 7.85. The first kappa shape index (κ1) is 28.5. The number of hydrogen-bond acceptors (Lipinski definition) is 6. The maximum Gasteiger partial charge on any atom is 0.332 e. The number of halogens is 1. The van der Waals surface area contributed by atoms with Crippen LogP contribution >= 0.6 is 11.3 Å². The second-order valence-corrected chi connectivity index (χ2v) is 11.4. The van der Waals surface area contributed by atoms with Crippen molar-refractivity contribution in [3.05, 3.63) is 113 Å². The monoisotopic (exact) mass is 598 g/mol. The van der Waals surface area contributed by atoms with Crippen LogP contribution in [0.5, 0.6) is 0 Å². The highest BCUT2D eigenvalue weighted by molar-refractivity contribution is 7.16. The molecule has 2 atom stereocenters. The van der Waals surface area contributed by atoms with Gasteiger partial charge in [0.05, 0.1) is 35.4 Å². The summed E-state index contributed by atoms with van der Waals surface area (Å²) in [5.41, 5.74) is 4.69. The fourth-order valence-electron chi connectivity index (χ4n) is 5.83. The number of benzene rings is 3. The summed E-state index contributed by atoms with van der Waals surface area (Å²) >= 11 is 1.21. The first-order chi connectivity index (χ1) is 20.9. The largest absolute Gasteiger partial charge is 0.333 e. The molecule has 2 saturated heterocycles. The van der Waals surface area contributed by atoms with Gasteiger partial charge in [-0.25, -0.2) is 14.2 Å². The van der Waals surface area contributed by atoms with E-state index in [2.05, 4.69) is 16.9 Å². The van der Waals surface area contributed by atoms with Gasteiger partial charge in [-0.3, -0.25) is 14.6 Å². The second kappa shape index (κ2) is 12.3. The molecule has 0 unspecified atom stereocenters. The lowest BCUT2D eigenvalue weighted by atomic mass is 10.00. The predicted octanol–water partition coefficient (Wildman–Crippen LogP) is 4.17. The zero-order valence-corrected chi connectivity index (χ0v) is 24.3. The van der Waals surface area contributed by atoms with E-state index in [4.69, 9.17) is 0 Å². The standard InChI is InChI=1S/C32H31FN6O3S/c1-2-15-37(32(42)34-17-23-11-7-4-8-12-23)38-20-28(40)39-26(16-22-9-5-3-6-10-22)31(41)36(19-27(38)39)18-24-13-14-25(33)30-29(24)35-21-43-30/h2-14,21,26-27H,1,15-20H2,(H,34,42)/t26-,27+/m0/s1. The van der Waals surface area contributed by atoms with Gasteiger partial charge in [-0.1, -0.05) is 72.8 Å². The summed E-state index contributed by atoms with van der Waals surface area (Å²) in [5.74, 6) is -0.784. The molecule has 0 spiro atoms. The van der Waals surface area contributed by atoms with Gasteiger partial charge < -0.3 is 15.1 Å². The highest BCUT2D eigenvalue weighted by Gasteiger charge is 2.52. The van der Waals surface area contributed by atoms with Crippen LogP contribution in [0, 0.1) is 5.82 Å². The molecule has 43 heavy (non-hydrogen) atoms. The first-order valence-corrected chi connectivity index (χ1v) is 14.9. The number of urea groups is 1. The highest BCUT2D eigenvalue weighted by atomic mass is 32.1. The maximum absolute atomic E-state index is 14.4. The van der Waals surface area contributed by atoms with Crippen LogP contribution in [0.2, 0.25) is 0 Å². The fraction of sp³-hybridized carbons (Fsp3) is 0.250.